The largest absolute Gasteiger partial charge is 0.308 e. The summed E-state index contributed by atoms with van der Waals surface area (Å²) in [4.78, 5) is 43.8. The average molecular weight is 648 g/mol. The molecule has 0 aliphatic carbocycles. The first-order valence-electron chi connectivity index (χ1n) is 16.5. The maximum atomic E-state index is 14.7. The molecule has 0 atom stereocenters. The second-order valence-corrected chi connectivity index (χ2v) is 12.5. The Morgan fingerprint density at radius 3 is 1.78 bits per heavy atom. The Balaban J connectivity index is 1.22. The number of rotatable bonds is 5. The number of nitrogens with zero attached hydrogens (tertiary/aromatic N) is 5. The van der Waals surface area contributed by atoms with Crippen LogP contribution in [0, 0.1) is 13.8 Å². The molecule has 8 aromatic rings. The standard InChI is InChI=1S/C43H29N5O2/c1-26-44-27(2)46-41(45-26)30-20-21-38-36(25-30)34-16-9-10-18-37(34)48(38)39-19-11-17-35-40(39)43(50)47(42(35)49)33-23-31(28-12-5-3-6-13-28)22-32(24-33)29-14-7-4-8-15-29/h3-25H,1-2H3. The lowest BCUT2D eigenvalue weighted by Gasteiger charge is -2.18. The van der Waals surface area contributed by atoms with Gasteiger partial charge in [0.25, 0.3) is 11.8 Å². The van der Waals surface area contributed by atoms with E-state index in [-0.39, 0.29) is 11.8 Å². The minimum Gasteiger partial charge on any atom is -0.308 e. The van der Waals surface area contributed by atoms with Crippen molar-refractivity contribution in [3.8, 4) is 39.3 Å². The molecule has 1 aliphatic rings. The fourth-order valence-electron chi connectivity index (χ4n) is 7.14. The molecule has 7 nitrogen and oxygen atoms in total. The van der Waals surface area contributed by atoms with E-state index in [4.69, 9.17) is 0 Å². The zero-order valence-corrected chi connectivity index (χ0v) is 27.3. The summed E-state index contributed by atoms with van der Waals surface area (Å²) in [5.41, 5.74) is 8.45. The normalized spacial score (nSPS) is 12.6. The van der Waals surface area contributed by atoms with Gasteiger partial charge in [0.15, 0.2) is 5.82 Å². The molecule has 0 radical (unpaired) electrons. The number of para-hydroxylation sites is 1. The van der Waals surface area contributed by atoms with E-state index in [9.17, 15) is 9.59 Å². The van der Waals surface area contributed by atoms with Crippen LogP contribution in [0.1, 0.15) is 32.4 Å². The highest BCUT2D eigenvalue weighted by Crippen LogP contribution is 2.40. The number of anilines is 1. The van der Waals surface area contributed by atoms with Crippen LogP contribution < -0.4 is 4.90 Å². The van der Waals surface area contributed by atoms with Crippen LogP contribution in [0.5, 0.6) is 0 Å². The predicted molar refractivity (Wildman–Crippen MR) is 198 cm³/mol. The molecule has 3 heterocycles. The second kappa shape index (κ2) is 11.5. The van der Waals surface area contributed by atoms with Crippen LogP contribution in [0.15, 0.2) is 140 Å². The Morgan fingerprint density at radius 1 is 0.480 bits per heavy atom. The van der Waals surface area contributed by atoms with Crippen molar-refractivity contribution in [2.24, 2.45) is 0 Å². The molecule has 2 aromatic heterocycles. The van der Waals surface area contributed by atoms with Gasteiger partial charge in [0.2, 0.25) is 0 Å². The van der Waals surface area contributed by atoms with Gasteiger partial charge in [0.05, 0.1) is 33.5 Å². The van der Waals surface area contributed by atoms with E-state index in [0.717, 1.165) is 49.6 Å². The Hall–Kier alpha value is -6.73. The van der Waals surface area contributed by atoms with Gasteiger partial charge in [0, 0.05) is 16.3 Å². The van der Waals surface area contributed by atoms with E-state index >= 15 is 0 Å². The molecule has 0 saturated heterocycles. The van der Waals surface area contributed by atoms with Gasteiger partial charge in [-0.15, -0.1) is 0 Å². The number of aryl methyl sites for hydroxylation is 2. The summed E-state index contributed by atoms with van der Waals surface area (Å²) in [6, 6.07) is 45.7. The van der Waals surface area contributed by atoms with Crippen molar-refractivity contribution >= 4 is 39.3 Å². The SMILES string of the molecule is Cc1nc(C)nc(-c2ccc3c(c2)c2ccccc2n3-c2cccc3c2C(=O)N(c2cc(-c4ccccc4)cc(-c4ccccc4)c2)C3=O)n1. The highest BCUT2D eigenvalue weighted by atomic mass is 16.2. The molecule has 2 amide bonds. The summed E-state index contributed by atoms with van der Waals surface area (Å²) in [6.45, 7) is 3.72. The molecule has 0 N–H and O–H groups in total. The van der Waals surface area contributed by atoms with Gasteiger partial charge in [-0.1, -0.05) is 84.9 Å². The van der Waals surface area contributed by atoms with E-state index in [0.29, 0.717) is 40.0 Å². The van der Waals surface area contributed by atoms with Crippen molar-refractivity contribution < 1.29 is 9.59 Å². The smallest absolute Gasteiger partial charge is 0.268 e. The maximum absolute atomic E-state index is 14.7. The van der Waals surface area contributed by atoms with Gasteiger partial charge in [0.1, 0.15) is 11.6 Å². The topological polar surface area (TPSA) is 81.0 Å². The zero-order chi connectivity index (χ0) is 33.9. The molecule has 238 valence electrons. The van der Waals surface area contributed by atoms with Gasteiger partial charge in [-0.2, -0.15) is 0 Å². The molecular formula is C43H29N5O2. The Morgan fingerprint density at radius 2 is 1.10 bits per heavy atom. The first-order valence-corrected chi connectivity index (χ1v) is 16.5. The van der Waals surface area contributed by atoms with Crippen molar-refractivity contribution in [3.05, 3.63) is 162 Å². The highest BCUT2D eigenvalue weighted by Gasteiger charge is 2.39. The number of carbonyl (C=O) groups is 2. The fourth-order valence-corrected chi connectivity index (χ4v) is 7.14. The Labute approximate surface area is 288 Å². The molecule has 1 aliphatic heterocycles. The highest BCUT2D eigenvalue weighted by molar-refractivity contribution is 6.36. The van der Waals surface area contributed by atoms with Gasteiger partial charge in [-0.3, -0.25) is 9.59 Å². The van der Waals surface area contributed by atoms with Gasteiger partial charge in [-0.25, -0.2) is 19.9 Å². The lowest BCUT2D eigenvalue weighted by molar-refractivity contribution is 0.0926. The number of fused-ring (bicyclic) bond motifs is 4. The van der Waals surface area contributed by atoms with Crippen LogP contribution in [-0.4, -0.2) is 31.3 Å². The van der Waals surface area contributed by atoms with Crippen LogP contribution >= 0.6 is 0 Å². The van der Waals surface area contributed by atoms with Crippen LogP contribution in [0.2, 0.25) is 0 Å². The molecule has 0 saturated carbocycles. The van der Waals surface area contributed by atoms with Crippen LogP contribution in [-0.2, 0) is 0 Å². The Kier molecular flexibility index (Phi) is 6.74. The lowest BCUT2D eigenvalue weighted by atomic mass is 9.97. The summed E-state index contributed by atoms with van der Waals surface area (Å²) in [7, 11) is 0. The molecule has 0 fully saturated rings. The summed E-state index contributed by atoms with van der Waals surface area (Å²) >= 11 is 0. The molecule has 0 bridgehead atoms. The van der Waals surface area contributed by atoms with Crippen molar-refractivity contribution in [3.63, 3.8) is 0 Å². The first-order chi connectivity index (χ1) is 24.4. The van der Waals surface area contributed by atoms with Crippen molar-refractivity contribution in [1.82, 2.24) is 19.5 Å². The summed E-state index contributed by atoms with van der Waals surface area (Å²) in [6.07, 6.45) is 0. The van der Waals surface area contributed by atoms with Crippen LogP contribution in [0.3, 0.4) is 0 Å². The number of aromatic nitrogens is 4. The third-order valence-electron chi connectivity index (χ3n) is 9.31. The van der Waals surface area contributed by atoms with E-state index < -0.39 is 0 Å². The molecule has 7 heteroatoms. The molecule has 6 aromatic carbocycles. The molecule has 9 rings (SSSR count). The van der Waals surface area contributed by atoms with E-state index in [1.165, 1.54) is 4.90 Å². The van der Waals surface area contributed by atoms with E-state index in [1.807, 2.05) is 129 Å². The predicted octanol–water partition coefficient (Wildman–Crippen LogP) is 9.39. The van der Waals surface area contributed by atoms with Crippen LogP contribution in [0.25, 0.3) is 61.1 Å². The van der Waals surface area contributed by atoms with Crippen molar-refractivity contribution in [1.29, 1.82) is 0 Å². The molecular weight excluding hydrogens is 619 g/mol. The number of hydrogen-bond acceptors (Lipinski definition) is 5. The number of hydrogen-bond donors (Lipinski definition) is 0. The molecule has 50 heavy (non-hydrogen) atoms. The quantitative estimate of drug-likeness (QED) is 0.174. The summed E-state index contributed by atoms with van der Waals surface area (Å²) < 4.78 is 2.08. The van der Waals surface area contributed by atoms with Crippen molar-refractivity contribution in [2.45, 2.75) is 13.8 Å². The van der Waals surface area contributed by atoms with E-state index in [2.05, 4.69) is 37.7 Å². The van der Waals surface area contributed by atoms with Gasteiger partial charge < -0.3 is 4.57 Å². The first kappa shape index (κ1) is 29.4. The van der Waals surface area contributed by atoms with Crippen molar-refractivity contribution in [2.75, 3.05) is 4.90 Å². The van der Waals surface area contributed by atoms with Crippen LogP contribution in [0.4, 0.5) is 5.69 Å². The number of imide groups is 1. The maximum Gasteiger partial charge on any atom is 0.268 e. The summed E-state index contributed by atoms with van der Waals surface area (Å²) in [5, 5.41) is 2.00. The third kappa shape index (κ3) is 4.70. The van der Waals surface area contributed by atoms with E-state index in [1.54, 1.807) is 6.07 Å². The lowest BCUT2D eigenvalue weighted by Crippen LogP contribution is -2.29. The number of amides is 2. The molecule has 0 spiro atoms. The molecule has 0 unspecified atom stereocenters. The zero-order valence-electron chi connectivity index (χ0n) is 27.3. The van der Waals surface area contributed by atoms with Gasteiger partial charge in [-0.05, 0) is 90.7 Å². The second-order valence-electron chi connectivity index (χ2n) is 12.5. The number of carbonyl (C=O) groups excluding carboxylic acids is 2. The minimum atomic E-state index is -0.358. The Bertz CT molecular complexity index is 2590. The average Bonchev–Trinajstić information content (AvgIpc) is 3.62. The third-order valence-corrected chi connectivity index (χ3v) is 9.31. The monoisotopic (exact) mass is 647 g/mol. The summed E-state index contributed by atoms with van der Waals surface area (Å²) in [5.74, 6) is 1.22. The minimum absolute atomic E-state index is 0.347. The number of benzene rings is 6. The fraction of sp³-hybridized carbons (Fsp3) is 0.0465. The van der Waals surface area contributed by atoms with Gasteiger partial charge >= 0.3 is 0 Å².